The zero-order valence-electron chi connectivity index (χ0n) is 30.2. The Labute approximate surface area is 314 Å². The number of carbonyl (C=O) groups excluding carboxylic acids is 4. The number of hydrogen-bond acceptors (Lipinski definition) is 8. The van der Waals surface area contributed by atoms with E-state index in [1.807, 2.05) is 37.3 Å². The molecule has 5 rings (SSSR count). The Hall–Kier alpha value is -4.00. The fourth-order valence-electron chi connectivity index (χ4n) is 7.97. The Balaban J connectivity index is 1.51. The summed E-state index contributed by atoms with van der Waals surface area (Å²) >= 11 is 3.75. The van der Waals surface area contributed by atoms with Crippen molar-refractivity contribution in [3.63, 3.8) is 0 Å². The summed E-state index contributed by atoms with van der Waals surface area (Å²) in [6.07, 6.45) is 4.65. The fraction of sp³-hybridized carbons (Fsp3) is 0.500. The number of likely N-dealkylation sites (N-methyl/N-ethyl adjacent to an activating group) is 1. The molecule has 8 atom stereocenters. The van der Waals surface area contributed by atoms with Crippen molar-refractivity contribution < 1.29 is 38.5 Å². The van der Waals surface area contributed by atoms with Crippen LogP contribution >= 0.6 is 15.9 Å². The number of likely N-dealkylation sites (tertiary alicyclic amines) is 1. The molecular weight excluding hydrogens is 730 g/mol. The zero-order chi connectivity index (χ0) is 37.6. The van der Waals surface area contributed by atoms with E-state index in [1.165, 1.54) is 0 Å². The van der Waals surface area contributed by atoms with Gasteiger partial charge in [0.2, 0.25) is 11.8 Å². The van der Waals surface area contributed by atoms with E-state index in [0.717, 1.165) is 0 Å². The van der Waals surface area contributed by atoms with Gasteiger partial charge in [0, 0.05) is 43.7 Å². The largest absolute Gasteiger partial charge is 0.497 e. The molecule has 1 unspecified atom stereocenters. The number of allylic oxidation sites excluding steroid dienone is 1. The second-order valence-electron chi connectivity index (χ2n) is 13.8. The molecule has 3 saturated heterocycles. The van der Waals surface area contributed by atoms with Crippen LogP contribution in [-0.2, 0) is 28.7 Å². The number of methoxy groups -OCH3 is 1. The highest BCUT2D eigenvalue weighted by atomic mass is 79.9. The Kier molecular flexibility index (Phi) is 13.0. The van der Waals surface area contributed by atoms with Crippen LogP contribution in [0.4, 0.5) is 5.69 Å². The van der Waals surface area contributed by atoms with Gasteiger partial charge in [-0.2, -0.15) is 0 Å². The third-order valence-corrected chi connectivity index (χ3v) is 11.5. The molecule has 52 heavy (non-hydrogen) atoms. The third kappa shape index (κ3) is 7.56. The molecule has 1 spiro atoms. The van der Waals surface area contributed by atoms with E-state index < -0.39 is 47.7 Å². The predicted molar refractivity (Wildman–Crippen MR) is 201 cm³/mol. The van der Waals surface area contributed by atoms with Gasteiger partial charge in [-0.15, -0.1) is 13.2 Å². The minimum absolute atomic E-state index is 0.0213. The number of carbonyl (C=O) groups is 4. The first-order valence-electron chi connectivity index (χ1n) is 18.0. The standard InChI is InChI=1S/C40H50BrN3O8/c1-6-8-17-31(46)42(4)26(3)34(27-15-11-9-12-16-27)51-39(49)32-33-37(47)44(23-13-10-14-24-45)36(40(33)25-30(41)35(32)52-40)38(48)43(22-7-2)28-18-20-29(50-5)21-19-28/h6-7,9,11-12,15-16,18-21,26,30,32-36,45H,1-2,8,10,13-14,17,22-25H2,3-5H3/t26-,30?,32+,33-,34+,35+,36+,40-/m0/s1. The molecule has 3 fully saturated rings. The molecular formula is C40H50BrN3O8. The van der Waals surface area contributed by atoms with E-state index >= 15 is 0 Å². The van der Waals surface area contributed by atoms with Crippen molar-refractivity contribution in [2.45, 2.75) is 80.2 Å². The molecule has 0 radical (unpaired) electrons. The maximum Gasteiger partial charge on any atom is 0.313 e. The van der Waals surface area contributed by atoms with Crippen LogP contribution in [0, 0.1) is 11.8 Å². The molecule has 1 N–H and O–H groups in total. The topological polar surface area (TPSA) is 126 Å². The number of unbranched alkanes of at least 4 members (excludes halogenated alkanes) is 2. The van der Waals surface area contributed by atoms with E-state index in [1.54, 1.807) is 65.3 Å². The van der Waals surface area contributed by atoms with Gasteiger partial charge in [0.15, 0.2) is 0 Å². The summed E-state index contributed by atoms with van der Waals surface area (Å²) in [5.41, 5.74) is 0.00514. The molecule has 0 aromatic heterocycles. The number of amides is 3. The minimum Gasteiger partial charge on any atom is -0.497 e. The second-order valence-corrected chi connectivity index (χ2v) is 14.9. The zero-order valence-corrected chi connectivity index (χ0v) is 31.8. The van der Waals surface area contributed by atoms with Crippen LogP contribution in [0.15, 0.2) is 79.9 Å². The summed E-state index contributed by atoms with van der Waals surface area (Å²) in [6, 6.07) is 14.8. The van der Waals surface area contributed by atoms with Gasteiger partial charge in [0.05, 0.1) is 31.1 Å². The van der Waals surface area contributed by atoms with Crippen molar-refractivity contribution in [3.8, 4) is 5.75 Å². The number of nitrogens with zero attached hydrogens (tertiary/aromatic N) is 3. The normalized spacial score (nSPS) is 25.6. The SMILES string of the molecule is C=CCCC(=O)N(C)[C@@H](C)[C@@H](OC(=O)[C@H]1[C@@H]2O[C@@]3(CC2Br)[C@@H]1C(=O)N(CCCCCO)[C@@H]3C(=O)N(CC=C)c1ccc(OC)cc1)c1ccccc1. The maximum absolute atomic E-state index is 14.9. The van der Waals surface area contributed by atoms with E-state index in [9.17, 15) is 24.3 Å². The number of fused-ring (bicyclic) bond motifs is 1. The van der Waals surface area contributed by atoms with Crippen LogP contribution in [-0.4, -0.2) is 101 Å². The lowest BCUT2D eigenvalue weighted by Gasteiger charge is -2.37. The highest BCUT2D eigenvalue weighted by molar-refractivity contribution is 9.09. The number of esters is 1. The molecule has 0 aliphatic carbocycles. The Morgan fingerprint density at radius 2 is 1.81 bits per heavy atom. The number of alkyl halides is 1. The van der Waals surface area contributed by atoms with E-state index in [-0.39, 0.29) is 48.7 Å². The molecule has 3 heterocycles. The highest BCUT2D eigenvalue weighted by Gasteiger charge is 2.77. The van der Waals surface area contributed by atoms with Crippen LogP contribution in [0.2, 0.25) is 0 Å². The Morgan fingerprint density at radius 3 is 2.44 bits per heavy atom. The number of ether oxygens (including phenoxy) is 3. The molecule has 3 aliphatic heterocycles. The molecule has 2 aromatic rings. The number of anilines is 1. The second kappa shape index (κ2) is 17.2. The van der Waals surface area contributed by atoms with Crippen LogP contribution in [0.3, 0.4) is 0 Å². The highest BCUT2D eigenvalue weighted by Crippen LogP contribution is 2.60. The molecule has 0 saturated carbocycles. The maximum atomic E-state index is 14.9. The van der Waals surface area contributed by atoms with Crippen molar-refractivity contribution >= 4 is 45.3 Å². The summed E-state index contributed by atoms with van der Waals surface area (Å²) in [6.45, 7) is 9.89. The van der Waals surface area contributed by atoms with Gasteiger partial charge in [-0.3, -0.25) is 19.2 Å². The van der Waals surface area contributed by atoms with Gasteiger partial charge in [-0.05, 0) is 68.9 Å². The van der Waals surface area contributed by atoms with Crippen molar-refractivity contribution in [1.29, 1.82) is 0 Å². The summed E-state index contributed by atoms with van der Waals surface area (Å²) in [5, 5.41) is 9.42. The summed E-state index contributed by atoms with van der Waals surface area (Å²) in [7, 11) is 3.25. The van der Waals surface area contributed by atoms with Crippen molar-refractivity contribution in [2.75, 3.05) is 38.8 Å². The van der Waals surface area contributed by atoms with Gasteiger partial charge in [0.1, 0.15) is 23.5 Å². The number of aliphatic hydroxyl groups is 1. The molecule has 2 aromatic carbocycles. The van der Waals surface area contributed by atoms with E-state index in [4.69, 9.17) is 14.2 Å². The monoisotopic (exact) mass is 779 g/mol. The Morgan fingerprint density at radius 1 is 1.10 bits per heavy atom. The number of halogens is 1. The van der Waals surface area contributed by atoms with E-state index in [0.29, 0.717) is 49.1 Å². The van der Waals surface area contributed by atoms with Crippen LogP contribution in [0.5, 0.6) is 5.75 Å². The first kappa shape index (κ1) is 39.2. The lowest BCUT2D eigenvalue weighted by Crippen LogP contribution is -2.57. The minimum atomic E-state index is -1.30. The first-order chi connectivity index (χ1) is 25.0. The van der Waals surface area contributed by atoms with Gasteiger partial charge >= 0.3 is 5.97 Å². The van der Waals surface area contributed by atoms with E-state index in [2.05, 4.69) is 29.1 Å². The average molecular weight is 781 g/mol. The molecule has 3 amide bonds. The lowest BCUT2D eigenvalue weighted by atomic mass is 9.70. The number of rotatable bonds is 18. The smallest absolute Gasteiger partial charge is 0.313 e. The number of benzene rings is 2. The predicted octanol–water partition coefficient (Wildman–Crippen LogP) is 5.22. The van der Waals surface area contributed by atoms with Gasteiger partial charge in [-0.25, -0.2) is 0 Å². The lowest BCUT2D eigenvalue weighted by molar-refractivity contribution is -0.164. The number of hydrogen-bond donors (Lipinski definition) is 1. The van der Waals surface area contributed by atoms with Crippen LogP contribution in [0.1, 0.15) is 57.1 Å². The average Bonchev–Trinajstić information content (AvgIpc) is 3.75. The molecule has 2 bridgehead atoms. The molecule has 280 valence electrons. The molecule has 12 heteroatoms. The van der Waals surface area contributed by atoms with Crippen LogP contribution in [0.25, 0.3) is 0 Å². The van der Waals surface area contributed by atoms with Gasteiger partial charge in [-0.1, -0.05) is 58.4 Å². The summed E-state index contributed by atoms with van der Waals surface area (Å²) < 4.78 is 18.4. The molecule has 11 nitrogen and oxygen atoms in total. The third-order valence-electron chi connectivity index (χ3n) is 10.7. The fourth-order valence-corrected chi connectivity index (χ4v) is 8.92. The Bertz CT molecular complexity index is 1610. The quantitative estimate of drug-likeness (QED) is 0.0946. The van der Waals surface area contributed by atoms with Gasteiger partial charge < -0.3 is 34.0 Å². The first-order valence-corrected chi connectivity index (χ1v) is 18.9. The van der Waals surface area contributed by atoms with Crippen molar-refractivity contribution in [2.24, 2.45) is 11.8 Å². The van der Waals surface area contributed by atoms with Crippen molar-refractivity contribution in [3.05, 3.63) is 85.5 Å². The van der Waals surface area contributed by atoms with Gasteiger partial charge in [0.25, 0.3) is 5.91 Å². The van der Waals surface area contributed by atoms with Crippen LogP contribution < -0.4 is 9.64 Å². The van der Waals surface area contributed by atoms with Crippen molar-refractivity contribution in [1.82, 2.24) is 9.80 Å². The number of aliphatic hydroxyl groups excluding tert-OH is 1. The summed E-state index contributed by atoms with van der Waals surface area (Å²) in [5.74, 6) is -2.74. The summed E-state index contributed by atoms with van der Waals surface area (Å²) in [4.78, 5) is 61.6. The molecule has 3 aliphatic rings.